The summed E-state index contributed by atoms with van der Waals surface area (Å²) in [6.45, 7) is 3.05. The van der Waals surface area contributed by atoms with Crippen LogP contribution in [0.1, 0.15) is 21.8 Å². The van der Waals surface area contributed by atoms with Gasteiger partial charge in [0, 0.05) is 5.56 Å². The predicted molar refractivity (Wildman–Crippen MR) is 137 cm³/mol. The Balaban J connectivity index is 1.47. The summed E-state index contributed by atoms with van der Waals surface area (Å²) >= 11 is 0. The van der Waals surface area contributed by atoms with E-state index in [2.05, 4.69) is 15.8 Å². The van der Waals surface area contributed by atoms with Crippen molar-refractivity contribution in [1.29, 1.82) is 0 Å². The van der Waals surface area contributed by atoms with Crippen molar-refractivity contribution in [1.82, 2.24) is 10.5 Å². The number of para-hydroxylation sites is 2. The van der Waals surface area contributed by atoms with E-state index in [1.54, 1.807) is 74.5 Å². The Morgan fingerprint density at radius 3 is 2.14 bits per heavy atom. The maximum atomic E-state index is 13.5. The summed E-state index contributed by atoms with van der Waals surface area (Å²) in [5.41, 5.74) is 1.46. The number of anilines is 2. The van der Waals surface area contributed by atoms with Gasteiger partial charge in [0.25, 0.3) is 15.9 Å². The van der Waals surface area contributed by atoms with E-state index < -0.39 is 21.8 Å². The van der Waals surface area contributed by atoms with Crippen molar-refractivity contribution in [3.05, 3.63) is 102 Å². The standard InChI is InChI=1S/C26H24N4O6S/c1-18-25(19(2)35-29-18)28-24(31)17-27-26(32)20-13-15-23(16-14-20)37(33,34)30(21-9-5-3-6-10-21)36-22-11-7-4-8-12-22/h3-16H,17H2,1-2H3,(H,27,32)(H,28,31). The van der Waals surface area contributed by atoms with Crippen LogP contribution in [0.15, 0.2) is 94.3 Å². The van der Waals surface area contributed by atoms with Crippen LogP contribution < -0.4 is 19.9 Å². The molecule has 2 amide bonds. The highest BCUT2D eigenvalue weighted by molar-refractivity contribution is 7.92. The molecule has 0 atom stereocenters. The number of benzene rings is 3. The number of aromatic nitrogens is 1. The SMILES string of the molecule is Cc1noc(C)c1NC(=O)CNC(=O)c1ccc(S(=O)(=O)N(Oc2ccccc2)c2ccccc2)cc1. The predicted octanol–water partition coefficient (Wildman–Crippen LogP) is 3.85. The van der Waals surface area contributed by atoms with Crippen LogP contribution in [0, 0.1) is 13.8 Å². The van der Waals surface area contributed by atoms with Gasteiger partial charge >= 0.3 is 0 Å². The van der Waals surface area contributed by atoms with Crippen molar-refractivity contribution in [2.75, 3.05) is 16.3 Å². The first-order chi connectivity index (χ1) is 17.8. The molecule has 0 unspecified atom stereocenters. The minimum atomic E-state index is -4.16. The Morgan fingerprint density at radius 1 is 0.919 bits per heavy atom. The molecule has 0 bridgehead atoms. The van der Waals surface area contributed by atoms with Gasteiger partial charge in [-0.05, 0) is 62.4 Å². The first-order valence-electron chi connectivity index (χ1n) is 11.2. The molecule has 0 spiro atoms. The summed E-state index contributed by atoms with van der Waals surface area (Å²) in [6, 6.07) is 22.2. The summed E-state index contributed by atoms with van der Waals surface area (Å²) in [4.78, 5) is 30.4. The molecule has 1 heterocycles. The zero-order valence-electron chi connectivity index (χ0n) is 20.0. The Hall–Kier alpha value is -4.64. The summed E-state index contributed by atoms with van der Waals surface area (Å²) in [5.74, 6) is -0.215. The molecule has 0 saturated carbocycles. The highest BCUT2D eigenvalue weighted by Crippen LogP contribution is 2.26. The summed E-state index contributed by atoms with van der Waals surface area (Å²) in [5, 5.41) is 8.89. The number of sulfonamides is 1. The minimum Gasteiger partial charge on any atom is -0.364 e. The van der Waals surface area contributed by atoms with Crippen molar-refractivity contribution < 1.29 is 27.4 Å². The average Bonchev–Trinajstić information content (AvgIpc) is 3.23. The molecule has 0 aliphatic carbocycles. The van der Waals surface area contributed by atoms with Crippen LogP contribution in [0.25, 0.3) is 0 Å². The number of nitrogens with zero attached hydrogens (tertiary/aromatic N) is 2. The van der Waals surface area contributed by atoms with Crippen LogP contribution >= 0.6 is 0 Å². The van der Waals surface area contributed by atoms with Gasteiger partial charge in [-0.1, -0.05) is 46.0 Å². The monoisotopic (exact) mass is 520 g/mol. The molecule has 1 aromatic heterocycles. The fraction of sp³-hybridized carbons (Fsp3) is 0.115. The Kier molecular flexibility index (Phi) is 7.54. The molecular formula is C26H24N4O6S. The smallest absolute Gasteiger partial charge is 0.295 e. The molecule has 0 aliphatic rings. The number of carbonyl (C=O) groups is 2. The molecule has 10 nitrogen and oxygen atoms in total. The first kappa shape index (κ1) is 25.5. The Morgan fingerprint density at radius 2 is 1.54 bits per heavy atom. The topological polar surface area (TPSA) is 131 Å². The van der Waals surface area contributed by atoms with Crippen molar-refractivity contribution >= 4 is 33.2 Å². The highest BCUT2D eigenvalue weighted by Gasteiger charge is 2.28. The largest absolute Gasteiger partial charge is 0.364 e. The molecule has 190 valence electrons. The fourth-order valence-electron chi connectivity index (χ4n) is 3.35. The molecule has 4 aromatic rings. The van der Waals surface area contributed by atoms with Crippen LogP contribution in [-0.2, 0) is 14.8 Å². The van der Waals surface area contributed by atoms with E-state index in [4.69, 9.17) is 9.36 Å². The van der Waals surface area contributed by atoms with E-state index in [1.807, 2.05) is 0 Å². The third-order valence-electron chi connectivity index (χ3n) is 5.24. The van der Waals surface area contributed by atoms with Crippen molar-refractivity contribution in [3.8, 4) is 5.75 Å². The second kappa shape index (κ2) is 11.0. The van der Waals surface area contributed by atoms with Gasteiger partial charge in [-0.2, -0.15) is 8.42 Å². The van der Waals surface area contributed by atoms with Gasteiger partial charge in [-0.25, -0.2) is 0 Å². The van der Waals surface area contributed by atoms with E-state index in [1.165, 1.54) is 24.3 Å². The Bertz CT molecular complexity index is 1470. The zero-order valence-corrected chi connectivity index (χ0v) is 20.9. The van der Waals surface area contributed by atoms with Crippen LogP contribution in [-0.4, -0.2) is 31.9 Å². The number of aryl methyl sites for hydroxylation is 2. The van der Waals surface area contributed by atoms with E-state index in [0.29, 0.717) is 28.6 Å². The lowest BCUT2D eigenvalue weighted by Crippen LogP contribution is -2.34. The van der Waals surface area contributed by atoms with Gasteiger partial charge in [0.15, 0.2) is 11.5 Å². The zero-order chi connectivity index (χ0) is 26.4. The van der Waals surface area contributed by atoms with E-state index >= 15 is 0 Å². The molecule has 0 radical (unpaired) electrons. The molecule has 0 fully saturated rings. The van der Waals surface area contributed by atoms with Gasteiger partial charge in [0.05, 0.1) is 17.1 Å². The van der Waals surface area contributed by atoms with Crippen molar-refractivity contribution in [2.24, 2.45) is 0 Å². The fourth-order valence-corrected chi connectivity index (χ4v) is 4.60. The Labute approximate surface area is 213 Å². The molecular weight excluding hydrogens is 496 g/mol. The maximum Gasteiger partial charge on any atom is 0.295 e. The lowest BCUT2D eigenvalue weighted by molar-refractivity contribution is -0.115. The molecule has 37 heavy (non-hydrogen) atoms. The number of amides is 2. The van der Waals surface area contributed by atoms with Crippen LogP contribution in [0.5, 0.6) is 5.75 Å². The number of rotatable bonds is 9. The minimum absolute atomic E-state index is 0.0833. The summed E-state index contributed by atoms with van der Waals surface area (Å²) < 4.78 is 32.8. The van der Waals surface area contributed by atoms with E-state index in [-0.39, 0.29) is 17.0 Å². The first-order valence-corrected chi connectivity index (χ1v) is 12.6. The van der Waals surface area contributed by atoms with Gasteiger partial charge in [0.1, 0.15) is 11.4 Å². The molecule has 3 aromatic carbocycles. The van der Waals surface area contributed by atoms with Gasteiger partial charge in [0.2, 0.25) is 5.91 Å². The van der Waals surface area contributed by atoms with Gasteiger partial charge < -0.3 is 20.0 Å². The van der Waals surface area contributed by atoms with Crippen LogP contribution in [0.3, 0.4) is 0 Å². The number of nitrogens with one attached hydrogen (secondary N) is 2. The van der Waals surface area contributed by atoms with Crippen LogP contribution in [0.2, 0.25) is 0 Å². The molecule has 0 saturated heterocycles. The van der Waals surface area contributed by atoms with Crippen LogP contribution in [0.4, 0.5) is 11.4 Å². The molecule has 11 heteroatoms. The number of hydrogen-bond donors (Lipinski definition) is 2. The second-order valence-electron chi connectivity index (χ2n) is 7.93. The average molecular weight is 521 g/mol. The van der Waals surface area contributed by atoms with Gasteiger partial charge in [-0.15, -0.1) is 0 Å². The van der Waals surface area contributed by atoms with Crippen molar-refractivity contribution in [2.45, 2.75) is 18.7 Å². The lowest BCUT2D eigenvalue weighted by atomic mass is 10.2. The van der Waals surface area contributed by atoms with E-state index in [0.717, 1.165) is 4.47 Å². The third-order valence-corrected chi connectivity index (χ3v) is 6.83. The molecule has 4 rings (SSSR count). The quantitative estimate of drug-likeness (QED) is 0.321. The normalized spacial score (nSPS) is 11.0. The number of carbonyl (C=O) groups excluding carboxylic acids is 2. The third kappa shape index (κ3) is 5.96. The molecule has 0 aliphatic heterocycles. The maximum absolute atomic E-state index is 13.5. The number of hydrogen-bond acceptors (Lipinski definition) is 7. The molecule has 2 N–H and O–H groups in total. The highest BCUT2D eigenvalue weighted by atomic mass is 32.2. The van der Waals surface area contributed by atoms with E-state index in [9.17, 15) is 18.0 Å². The van der Waals surface area contributed by atoms with Crippen molar-refractivity contribution in [3.63, 3.8) is 0 Å². The summed E-state index contributed by atoms with van der Waals surface area (Å²) in [7, 11) is -4.16. The van der Waals surface area contributed by atoms with Gasteiger partial charge in [-0.3, -0.25) is 9.59 Å². The summed E-state index contributed by atoms with van der Waals surface area (Å²) in [6.07, 6.45) is 0. The second-order valence-corrected chi connectivity index (χ2v) is 9.68. The lowest BCUT2D eigenvalue weighted by Gasteiger charge is -2.24.